The molecule has 0 unspecified atom stereocenters. The second-order valence-corrected chi connectivity index (χ2v) is 9.60. The predicted octanol–water partition coefficient (Wildman–Crippen LogP) is 4.21. The van der Waals surface area contributed by atoms with Crippen molar-refractivity contribution in [3.8, 4) is 17.0 Å². The first-order valence-corrected chi connectivity index (χ1v) is 12.4. The van der Waals surface area contributed by atoms with Crippen molar-refractivity contribution in [2.75, 3.05) is 20.3 Å². The molecule has 0 spiro atoms. The fourth-order valence-electron chi connectivity index (χ4n) is 4.95. The van der Waals surface area contributed by atoms with Crippen molar-refractivity contribution in [1.29, 1.82) is 0 Å². The van der Waals surface area contributed by atoms with Crippen LogP contribution in [0.2, 0.25) is 0 Å². The SMILES string of the molecule is COCCOc1cc(F)c(-c2nc(C(=O)Cc3cnccc3[C@H]3C[C@@H](N)[C@H](O)[C@@H](C)C3)ccc2F)c(F)c1. The van der Waals surface area contributed by atoms with Crippen LogP contribution in [0.3, 0.4) is 0 Å². The van der Waals surface area contributed by atoms with Gasteiger partial charge in [-0.1, -0.05) is 6.92 Å². The van der Waals surface area contributed by atoms with Gasteiger partial charge < -0.3 is 20.3 Å². The van der Waals surface area contributed by atoms with Crippen LogP contribution in [0.15, 0.2) is 42.7 Å². The lowest BCUT2D eigenvalue weighted by Crippen LogP contribution is -2.44. The van der Waals surface area contributed by atoms with Crippen LogP contribution in [0.25, 0.3) is 11.3 Å². The maximum Gasteiger partial charge on any atom is 0.185 e. The molecule has 4 atom stereocenters. The van der Waals surface area contributed by atoms with Gasteiger partial charge in [0, 0.05) is 44.1 Å². The third-order valence-corrected chi connectivity index (χ3v) is 6.91. The largest absolute Gasteiger partial charge is 0.491 e. The highest BCUT2D eigenvalue weighted by molar-refractivity contribution is 5.96. The molecule has 7 nitrogen and oxygen atoms in total. The molecule has 1 aliphatic rings. The van der Waals surface area contributed by atoms with Crippen LogP contribution >= 0.6 is 0 Å². The molecule has 2 aromatic heterocycles. The number of hydrogen-bond donors (Lipinski definition) is 2. The predicted molar refractivity (Wildman–Crippen MR) is 134 cm³/mol. The number of aromatic nitrogens is 2. The highest BCUT2D eigenvalue weighted by Gasteiger charge is 2.34. The summed E-state index contributed by atoms with van der Waals surface area (Å²) in [5.74, 6) is -3.66. The number of benzene rings is 1. The molecule has 0 amide bonds. The molecule has 1 saturated carbocycles. The first-order valence-electron chi connectivity index (χ1n) is 12.4. The molecular formula is C28H30F3N3O4. The van der Waals surface area contributed by atoms with Gasteiger partial charge in [-0.2, -0.15) is 0 Å². The van der Waals surface area contributed by atoms with Gasteiger partial charge in [-0.25, -0.2) is 18.2 Å². The number of hydrogen-bond acceptors (Lipinski definition) is 7. The lowest BCUT2D eigenvalue weighted by molar-refractivity contribution is 0.0519. The van der Waals surface area contributed by atoms with Crippen LogP contribution < -0.4 is 10.5 Å². The smallest absolute Gasteiger partial charge is 0.185 e. The highest BCUT2D eigenvalue weighted by Crippen LogP contribution is 2.37. The third-order valence-electron chi connectivity index (χ3n) is 6.91. The van der Waals surface area contributed by atoms with Gasteiger partial charge in [0.15, 0.2) is 5.78 Å². The van der Waals surface area contributed by atoms with E-state index in [2.05, 4.69) is 9.97 Å². The molecule has 0 saturated heterocycles. The van der Waals surface area contributed by atoms with Crippen LogP contribution in [0.5, 0.6) is 5.75 Å². The molecule has 2 heterocycles. The van der Waals surface area contributed by atoms with Gasteiger partial charge in [-0.3, -0.25) is 9.78 Å². The number of ketones is 1. The van der Waals surface area contributed by atoms with Crippen LogP contribution in [0.1, 0.15) is 47.3 Å². The van der Waals surface area contributed by atoms with E-state index < -0.39 is 40.6 Å². The maximum absolute atomic E-state index is 14.8. The van der Waals surface area contributed by atoms with Crippen molar-refractivity contribution < 1.29 is 32.5 Å². The first kappa shape index (κ1) is 27.7. The molecule has 4 rings (SSSR count). The van der Waals surface area contributed by atoms with Crippen LogP contribution in [0.4, 0.5) is 13.2 Å². The number of carbonyl (C=O) groups excluding carboxylic acids is 1. The normalized spacial score (nSPS) is 21.3. The number of ether oxygens (including phenoxy) is 2. The Morgan fingerprint density at radius 2 is 1.84 bits per heavy atom. The van der Waals surface area contributed by atoms with Gasteiger partial charge in [0.2, 0.25) is 0 Å². The van der Waals surface area contributed by atoms with E-state index in [4.69, 9.17) is 15.2 Å². The molecule has 10 heteroatoms. The average molecular weight is 530 g/mol. The van der Waals surface area contributed by atoms with Crippen LogP contribution in [-0.2, 0) is 11.2 Å². The summed E-state index contributed by atoms with van der Waals surface area (Å²) in [5, 5.41) is 10.2. The van der Waals surface area contributed by atoms with Crippen molar-refractivity contribution in [3.05, 3.63) is 77.0 Å². The molecular weight excluding hydrogens is 499 g/mol. The monoisotopic (exact) mass is 529 g/mol. The summed E-state index contributed by atoms with van der Waals surface area (Å²) < 4.78 is 54.4. The zero-order valence-electron chi connectivity index (χ0n) is 21.2. The lowest BCUT2D eigenvalue weighted by atomic mass is 9.74. The van der Waals surface area contributed by atoms with Crippen molar-refractivity contribution in [2.24, 2.45) is 11.7 Å². The van der Waals surface area contributed by atoms with E-state index in [0.717, 1.165) is 23.8 Å². The topological polar surface area (TPSA) is 108 Å². The summed E-state index contributed by atoms with van der Waals surface area (Å²) in [6.07, 6.45) is 3.78. The molecule has 3 N–H and O–H groups in total. The third kappa shape index (κ3) is 6.03. The van der Waals surface area contributed by atoms with Gasteiger partial charge in [-0.15, -0.1) is 0 Å². The number of halogens is 3. The van der Waals surface area contributed by atoms with E-state index >= 15 is 0 Å². The Kier molecular flexibility index (Phi) is 8.76. The number of aliphatic hydroxyl groups is 1. The molecule has 0 bridgehead atoms. The number of Topliss-reactive ketones (excluding diaryl/α,β-unsaturated/α-hetero) is 1. The number of rotatable bonds is 9. The molecule has 1 aromatic carbocycles. The number of nitrogens with zero attached hydrogens (tertiary/aromatic N) is 2. The maximum atomic E-state index is 14.8. The molecule has 0 radical (unpaired) electrons. The van der Waals surface area contributed by atoms with E-state index in [0.29, 0.717) is 18.4 Å². The Morgan fingerprint density at radius 3 is 2.53 bits per heavy atom. The van der Waals surface area contributed by atoms with Gasteiger partial charge in [0.1, 0.15) is 41.2 Å². The van der Waals surface area contributed by atoms with Crippen LogP contribution in [0, 0.1) is 23.4 Å². The van der Waals surface area contributed by atoms with E-state index in [1.807, 2.05) is 13.0 Å². The number of methoxy groups -OCH3 is 1. The zero-order chi connectivity index (χ0) is 27.4. The highest BCUT2D eigenvalue weighted by atomic mass is 19.1. The van der Waals surface area contributed by atoms with Gasteiger partial charge in [0.05, 0.1) is 18.3 Å². The van der Waals surface area contributed by atoms with Crippen LogP contribution in [-0.4, -0.2) is 53.3 Å². The van der Waals surface area contributed by atoms with Gasteiger partial charge in [0.25, 0.3) is 0 Å². The quantitative estimate of drug-likeness (QED) is 0.316. The number of carbonyl (C=O) groups is 1. The minimum absolute atomic E-state index is 0.0108. The Labute approximate surface area is 218 Å². The Balaban J connectivity index is 1.59. The fraction of sp³-hybridized carbons (Fsp3) is 0.393. The van der Waals surface area contributed by atoms with E-state index in [9.17, 15) is 23.1 Å². The van der Waals surface area contributed by atoms with Gasteiger partial charge in [-0.05, 0) is 54.0 Å². The summed E-state index contributed by atoms with van der Waals surface area (Å²) in [6.45, 7) is 2.23. The Hall–Kier alpha value is -3.34. The summed E-state index contributed by atoms with van der Waals surface area (Å²) in [5.41, 5.74) is 6.24. The zero-order valence-corrected chi connectivity index (χ0v) is 21.2. The van der Waals surface area contributed by atoms with Gasteiger partial charge >= 0.3 is 0 Å². The number of aliphatic hydroxyl groups excluding tert-OH is 1. The molecule has 202 valence electrons. The van der Waals surface area contributed by atoms with Crippen molar-refractivity contribution in [1.82, 2.24) is 9.97 Å². The Morgan fingerprint density at radius 1 is 1.11 bits per heavy atom. The lowest BCUT2D eigenvalue weighted by Gasteiger charge is -2.36. The fourth-order valence-corrected chi connectivity index (χ4v) is 4.95. The molecule has 1 fully saturated rings. The molecule has 3 aromatic rings. The second kappa shape index (κ2) is 12.0. The Bertz CT molecular complexity index is 1270. The second-order valence-electron chi connectivity index (χ2n) is 9.60. The summed E-state index contributed by atoms with van der Waals surface area (Å²) in [6, 6.07) is 5.45. The minimum atomic E-state index is -1.08. The molecule has 0 aliphatic heterocycles. The van der Waals surface area contributed by atoms with E-state index in [1.54, 1.807) is 12.4 Å². The first-order chi connectivity index (χ1) is 18.2. The molecule has 1 aliphatic carbocycles. The molecule has 38 heavy (non-hydrogen) atoms. The minimum Gasteiger partial charge on any atom is -0.491 e. The summed E-state index contributed by atoms with van der Waals surface area (Å²) >= 11 is 0. The average Bonchev–Trinajstić information content (AvgIpc) is 2.88. The summed E-state index contributed by atoms with van der Waals surface area (Å²) in [7, 11) is 1.46. The number of pyridine rings is 2. The van der Waals surface area contributed by atoms with Crippen molar-refractivity contribution in [2.45, 2.75) is 44.2 Å². The number of nitrogens with two attached hydrogens (primary N) is 1. The standard InChI is InChI=1S/C28H30F3N3O4/c1-15-9-16(10-23(32)28(15)36)19-5-6-33-14-17(19)11-25(35)24-4-3-20(29)27(34-24)26-21(30)12-18(13-22(26)31)38-8-7-37-2/h3-6,12-16,23,28,36H,7-11,32H2,1-2H3/t15-,16+,23+,28+/m0/s1. The van der Waals surface area contributed by atoms with Crippen molar-refractivity contribution >= 4 is 5.78 Å². The van der Waals surface area contributed by atoms with E-state index in [1.165, 1.54) is 13.2 Å². The van der Waals surface area contributed by atoms with Crippen molar-refractivity contribution in [3.63, 3.8) is 0 Å². The van der Waals surface area contributed by atoms with E-state index in [-0.39, 0.29) is 49.0 Å². The summed E-state index contributed by atoms with van der Waals surface area (Å²) in [4.78, 5) is 21.3.